The number of imide groups is 1. The smallest absolute Gasteiger partial charge is 0.230 e. The van der Waals surface area contributed by atoms with E-state index < -0.39 is 5.54 Å². The van der Waals surface area contributed by atoms with Crippen molar-refractivity contribution in [2.45, 2.75) is 51.0 Å². The Morgan fingerprint density at radius 1 is 1.29 bits per heavy atom. The first kappa shape index (κ1) is 12.5. The maximum absolute atomic E-state index is 12.1. The predicted molar refractivity (Wildman–Crippen MR) is 68.2 cm³/mol. The number of rotatable bonds is 2. The minimum atomic E-state index is -0.663. The third-order valence-corrected chi connectivity index (χ3v) is 4.24. The summed E-state index contributed by atoms with van der Waals surface area (Å²) < 4.78 is 0. The fourth-order valence-electron chi connectivity index (χ4n) is 3.01. The first-order valence-electron chi connectivity index (χ1n) is 6.13. The molecule has 2 aliphatic rings. The zero-order chi connectivity index (χ0) is 12.6. The van der Waals surface area contributed by atoms with Gasteiger partial charge in [-0.2, -0.15) is 0 Å². The Kier molecular flexibility index (Phi) is 3.21. The fourth-order valence-corrected chi connectivity index (χ4v) is 3.30. The second-order valence-corrected chi connectivity index (χ2v) is 5.68. The van der Waals surface area contributed by atoms with Gasteiger partial charge < -0.3 is 5.73 Å². The molecule has 1 heterocycles. The maximum Gasteiger partial charge on any atom is 0.230 e. The second-order valence-electron chi connectivity index (χ2n) is 5.24. The molecule has 0 aromatic heterocycles. The highest BCUT2D eigenvalue weighted by molar-refractivity contribution is 7.80. The minimum Gasteiger partial charge on any atom is -0.391 e. The number of likely N-dealkylation sites (tertiary alicyclic amines) is 1. The van der Waals surface area contributed by atoms with E-state index in [1.807, 2.05) is 6.92 Å². The third-order valence-electron chi connectivity index (χ3n) is 3.86. The van der Waals surface area contributed by atoms with Crippen LogP contribution in [0.25, 0.3) is 0 Å². The molecule has 0 bridgehead atoms. The lowest BCUT2D eigenvalue weighted by atomic mass is 9.88. The van der Waals surface area contributed by atoms with Crippen LogP contribution in [0.1, 0.15) is 45.4 Å². The molecule has 0 radical (unpaired) electrons. The summed E-state index contributed by atoms with van der Waals surface area (Å²) in [6.45, 7) is 1.93. The molecule has 2 N–H and O–H groups in total. The van der Waals surface area contributed by atoms with E-state index in [4.69, 9.17) is 18.0 Å². The van der Waals surface area contributed by atoms with Crippen LogP contribution in [0.3, 0.4) is 0 Å². The average molecular weight is 254 g/mol. The van der Waals surface area contributed by atoms with Gasteiger partial charge in [0, 0.05) is 12.8 Å². The van der Waals surface area contributed by atoms with E-state index in [1.165, 1.54) is 4.90 Å². The summed E-state index contributed by atoms with van der Waals surface area (Å²) in [6, 6.07) is 0. The highest BCUT2D eigenvalue weighted by atomic mass is 32.1. The zero-order valence-corrected chi connectivity index (χ0v) is 10.9. The van der Waals surface area contributed by atoms with Crippen molar-refractivity contribution in [2.24, 2.45) is 11.7 Å². The van der Waals surface area contributed by atoms with Gasteiger partial charge in [-0.25, -0.2) is 0 Å². The van der Waals surface area contributed by atoms with Gasteiger partial charge in [-0.15, -0.1) is 0 Å². The average Bonchev–Trinajstić information content (AvgIpc) is 2.66. The van der Waals surface area contributed by atoms with Gasteiger partial charge in [0.2, 0.25) is 11.8 Å². The van der Waals surface area contributed by atoms with Crippen LogP contribution in [-0.2, 0) is 9.59 Å². The number of hydrogen-bond acceptors (Lipinski definition) is 3. The minimum absolute atomic E-state index is 0.108. The van der Waals surface area contributed by atoms with Gasteiger partial charge in [0.1, 0.15) is 5.54 Å². The molecule has 0 atom stereocenters. The molecule has 2 fully saturated rings. The van der Waals surface area contributed by atoms with Crippen molar-refractivity contribution >= 4 is 29.0 Å². The molecular weight excluding hydrogens is 236 g/mol. The summed E-state index contributed by atoms with van der Waals surface area (Å²) in [5.41, 5.74) is 5.14. The van der Waals surface area contributed by atoms with Crippen molar-refractivity contribution in [1.82, 2.24) is 4.90 Å². The van der Waals surface area contributed by atoms with E-state index in [2.05, 4.69) is 0 Å². The van der Waals surface area contributed by atoms with Crippen LogP contribution >= 0.6 is 12.2 Å². The molecule has 1 aliphatic heterocycles. The lowest BCUT2D eigenvalue weighted by Gasteiger charge is -2.42. The van der Waals surface area contributed by atoms with Gasteiger partial charge in [0.25, 0.3) is 0 Å². The van der Waals surface area contributed by atoms with Crippen molar-refractivity contribution in [3.05, 3.63) is 0 Å². The van der Waals surface area contributed by atoms with Crippen LogP contribution in [0, 0.1) is 5.92 Å². The van der Waals surface area contributed by atoms with E-state index in [0.29, 0.717) is 17.8 Å². The van der Waals surface area contributed by atoms with Crippen LogP contribution in [0.2, 0.25) is 0 Å². The molecule has 1 saturated heterocycles. The SMILES string of the molecule is CC1CC(=O)N(C2(C(N)=S)CCCC2)C(=O)C1. The van der Waals surface area contributed by atoms with Crippen LogP contribution in [0.5, 0.6) is 0 Å². The molecule has 1 aliphatic carbocycles. The van der Waals surface area contributed by atoms with Crippen molar-refractivity contribution in [2.75, 3.05) is 0 Å². The van der Waals surface area contributed by atoms with Gasteiger partial charge in [-0.3, -0.25) is 14.5 Å². The summed E-state index contributed by atoms with van der Waals surface area (Å²) >= 11 is 5.12. The number of carbonyl (C=O) groups is 2. The molecule has 2 rings (SSSR count). The maximum atomic E-state index is 12.1. The van der Waals surface area contributed by atoms with Crippen molar-refractivity contribution in [1.29, 1.82) is 0 Å². The Balaban J connectivity index is 2.33. The molecule has 94 valence electrons. The van der Waals surface area contributed by atoms with Crippen LogP contribution in [0.15, 0.2) is 0 Å². The number of carbonyl (C=O) groups excluding carboxylic acids is 2. The zero-order valence-electron chi connectivity index (χ0n) is 10.1. The molecular formula is C12H18N2O2S. The molecule has 17 heavy (non-hydrogen) atoms. The number of nitrogens with two attached hydrogens (primary N) is 1. The summed E-state index contributed by atoms with van der Waals surface area (Å²) in [7, 11) is 0. The van der Waals surface area contributed by atoms with Gasteiger partial charge in [-0.05, 0) is 18.8 Å². The number of hydrogen-bond donors (Lipinski definition) is 1. The van der Waals surface area contributed by atoms with Crippen LogP contribution in [-0.4, -0.2) is 27.2 Å². The lowest BCUT2D eigenvalue weighted by molar-refractivity contribution is -0.154. The summed E-state index contributed by atoms with van der Waals surface area (Å²) in [6.07, 6.45) is 4.27. The Labute approximate surface area is 107 Å². The quantitative estimate of drug-likeness (QED) is 0.597. The summed E-state index contributed by atoms with van der Waals surface area (Å²) in [4.78, 5) is 25.9. The van der Waals surface area contributed by atoms with Crippen molar-refractivity contribution in [3.63, 3.8) is 0 Å². The molecule has 4 nitrogen and oxygen atoms in total. The number of nitrogens with zero attached hydrogens (tertiary/aromatic N) is 1. The highest BCUT2D eigenvalue weighted by Crippen LogP contribution is 2.38. The Bertz CT molecular complexity index is 357. The molecule has 5 heteroatoms. The molecule has 2 amide bonds. The number of amides is 2. The number of piperidine rings is 1. The van der Waals surface area contributed by atoms with E-state index >= 15 is 0 Å². The van der Waals surface area contributed by atoms with Gasteiger partial charge >= 0.3 is 0 Å². The molecule has 0 aromatic carbocycles. The Hall–Kier alpha value is -0.970. The first-order chi connectivity index (χ1) is 7.97. The molecule has 1 saturated carbocycles. The van der Waals surface area contributed by atoms with Crippen molar-refractivity contribution < 1.29 is 9.59 Å². The largest absolute Gasteiger partial charge is 0.391 e. The van der Waals surface area contributed by atoms with Crippen LogP contribution in [0.4, 0.5) is 0 Å². The van der Waals surface area contributed by atoms with E-state index in [9.17, 15) is 9.59 Å². The molecule has 0 unspecified atom stereocenters. The number of thiocarbonyl (C=S) groups is 1. The fraction of sp³-hybridized carbons (Fsp3) is 0.750. The predicted octanol–water partition coefficient (Wildman–Crippen LogP) is 1.37. The highest BCUT2D eigenvalue weighted by Gasteiger charge is 2.49. The topological polar surface area (TPSA) is 63.4 Å². The van der Waals surface area contributed by atoms with Crippen LogP contribution < -0.4 is 5.73 Å². The molecule has 0 aromatic rings. The van der Waals surface area contributed by atoms with Gasteiger partial charge in [-0.1, -0.05) is 32.0 Å². The Morgan fingerprint density at radius 2 is 1.76 bits per heavy atom. The third kappa shape index (κ3) is 1.97. The summed E-state index contributed by atoms with van der Waals surface area (Å²) in [5, 5.41) is 0. The lowest BCUT2D eigenvalue weighted by Crippen LogP contribution is -2.61. The van der Waals surface area contributed by atoms with Crippen molar-refractivity contribution in [3.8, 4) is 0 Å². The van der Waals surface area contributed by atoms with Gasteiger partial charge in [0.05, 0.1) is 4.99 Å². The normalized spacial score (nSPS) is 25.4. The van der Waals surface area contributed by atoms with E-state index in [0.717, 1.165) is 25.7 Å². The summed E-state index contributed by atoms with van der Waals surface area (Å²) in [5.74, 6) is -0.0806. The van der Waals surface area contributed by atoms with Gasteiger partial charge in [0.15, 0.2) is 0 Å². The second kappa shape index (κ2) is 4.37. The van der Waals surface area contributed by atoms with E-state index in [-0.39, 0.29) is 17.7 Å². The molecule has 0 spiro atoms. The Morgan fingerprint density at radius 3 is 2.18 bits per heavy atom. The standard InChI is InChI=1S/C12H18N2O2S/c1-8-6-9(15)14(10(16)7-8)12(11(13)17)4-2-3-5-12/h8H,2-7H2,1H3,(H2,13,17). The van der Waals surface area contributed by atoms with E-state index in [1.54, 1.807) is 0 Å². The monoisotopic (exact) mass is 254 g/mol. The first-order valence-corrected chi connectivity index (χ1v) is 6.54.